The molecule has 0 fully saturated rings. The fourth-order valence-electron chi connectivity index (χ4n) is 0.354. The van der Waals surface area contributed by atoms with Gasteiger partial charge in [-0.15, -0.1) is 0 Å². The van der Waals surface area contributed by atoms with Gasteiger partial charge in [-0.05, 0) is 58.5 Å². The minimum absolute atomic E-state index is 0.719. The van der Waals surface area contributed by atoms with Crippen LogP contribution in [0.3, 0.4) is 0 Å². The molecule has 0 aliphatic rings. The second-order valence-corrected chi connectivity index (χ2v) is 4.40. The highest BCUT2D eigenvalue weighted by atomic mass is 31.2. The number of nitrogens with two attached hydrogens (primary N) is 6. The SMILES string of the molecule is NCCCN.NCCCN.NCCCN.OP(O)O.OP(O)O. The van der Waals surface area contributed by atoms with Gasteiger partial charge >= 0.3 is 17.2 Å². The van der Waals surface area contributed by atoms with Gasteiger partial charge in [0.2, 0.25) is 0 Å². The van der Waals surface area contributed by atoms with Gasteiger partial charge in [0.05, 0.1) is 0 Å². The van der Waals surface area contributed by atoms with Gasteiger partial charge in [-0.1, -0.05) is 0 Å². The van der Waals surface area contributed by atoms with Gasteiger partial charge in [0, 0.05) is 0 Å². The maximum atomic E-state index is 7.23. The molecule has 0 spiro atoms. The van der Waals surface area contributed by atoms with Crippen LogP contribution in [0.15, 0.2) is 0 Å². The summed E-state index contributed by atoms with van der Waals surface area (Å²) < 4.78 is 0. The summed E-state index contributed by atoms with van der Waals surface area (Å²) in [5.74, 6) is 0. The van der Waals surface area contributed by atoms with Crippen molar-refractivity contribution in [1.82, 2.24) is 0 Å². The maximum absolute atomic E-state index is 7.23. The predicted octanol–water partition coefficient (Wildman–Crippen LogP) is -3.74. The molecule has 0 saturated heterocycles. The van der Waals surface area contributed by atoms with E-state index in [0.717, 1.165) is 58.5 Å². The molecule has 0 unspecified atom stereocenters. The third kappa shape index (κ3) is 228. The van der Waals surface area contributed by atoms with E-state index in [1.165, 1.54) is 0 Å². The predicted molar refractivity (Wildman–Crippen MR) is 95.3 cm³/mol. The second kappa shape index (κ2) is 43.2. The highest BCUT2D eigenvalue weighted by Crippen LogP contribution is 2.12. The van der Waals surface area contributed by atoms with E-state index in [0.29, 0.717) is 0 Å². The smallest absolute Gasteiger partial charge is 0.324 e. The zero-order chi connectivity index (χ0) is 19.5. The Morgan fingerprint density at radius 2 is 0.478 bits per heavy atom. The Kier molecular flexibility index (Phi) is 65.2. The van der Waals surface area contributed by atoms with Crippen LogP contribution in [-0.4, -0.2) is 68.6 Å². The van der Waals surface area contributed by atoms with E-state index in [1.54, 1.807) is 0 Å². The number of hydrogen-bond acceptors (Lipinski definition) is 12. The van der Waals surface area contributed by atoms with Crippen molar-refractivity contribution in [3.63, 3.8) is 0 Å². The second-order valence-electron chi connectivity index (χ2n) is 3.33. The highest BCUT2D eigenvalue weighted by Gasteiger charge is 1.77. The lowest BCUT2D eigenvalue weighted by atomic mass is 10.4. The molecule has 0 aromatic rings. The lowest BCUT2D eigenvalue weighted by Gasteiger charge is -1.81. The van der Waals surface area contributed by atoms with Crippen LogP contribution in [0.25, 0.3) is 0 Å². The van der Waals surface area contributed by atoms with Crippen LogP contribution in [0.4, 0.5) is 0 Å². The largest absolute Gasteiger partial charge is 0.330 e. The Balaban J connectivity index is -0.0000000589. The molecule has 0 aliphatic heterocycles. The van der Waals surface area contributed by atoms with Crippen LogP contribution >= 0.6 is 17.2 Å². The zero-order valence-electron chi connectivity index (χ0n) is 13.4. The minimum Gasteiger partial charge on any atom is -0.330 e. The van der Waals surface area contributed by atoms with Crippen molar-refractivity contribution >= 4 is 17.2 Å². The van der Waals surface area contributed by atoms with Gasteiger partial charge < -0.3 is 63.8 Å². The third-order valence-electron chi connectivity index (χ3n) is 1.22. The number of hydrogen-bond donors (Lipinski definition) is 12. The molecule has 148 valence electrons. The molecule has 0 atom stereocenters. The normalized spacial score (nSPS) is 8.61. The average molecular weight is 386 g/mol. The summed E-state index contributed by atoms with van der Waals surface area (Å²) in [6, 6.07) is 0. The van der Waals surface area contributed by atoms with E-state index in [-0.39, 0.29) is 0 Å². The van der Waals surface area contributed by atoms with Gasteiger partial charge in [0.1, 0.15) is 0 Å². The maximum Gasteiger partial charge on any atom is 0.324 e. The van der Waals surface area contributed by atoms with Crippen LogP contribution in [-0.2, 0) is 0 Å². The molecule has 23 heavy (non-hydrogen) atoms. The monoisotopic (exact) mass is 386 g/mol. The summed E-state index contributed by atoms with van der Waals surface area (Å²) in [7, 11) is -5.24. The summed E-state index contributed by atoms with van der Waals surface area (Å²) in [4.78, 5) is 43.4. The molecule has 0 bridgehead atoms. The van der Waals surface area contributed by atoms with Crippen molar-refractivity contribution in [2.24, 2.45) is 34.4 Å². The lowest BCUT2D eigenvalue weighted by Crippen LogP contribution is -2.06. The molecule has 0 aromatic carbocycles. The quantitative estimate of drug-likeness (QED) is 0.196. The molecule has 0 radical (unpaired) electrons. The van der Waals surface area contributed by atoms with E-state index in [9.17, 15) is 0 Å². The summed E-state index contributed by atoms with van der Waals surface area (Å²) >= 11 is 0. The first-order valence-corrected chi connectivity index (χ1v) is 9.05. The van der Waals surface area contributed by atoms with Crippen molar-refractivity contribution in [3.8, 4) is 0 Å². The van der Waals surface area contributed by atoms with Crippen LogP contribution in [0.2, 0.25) is 0 Å². The van der Waals surface area contributed by atoms with E-state index in [4.69, 9.17) is 63.8 Å². The van der Waals surface area contributed by atoms with Gasteiger partial charge in [-0.25, -0.2) is 0 Å². The topological polar surface area (TPSA) is 278 Å². The first kappa shape index (κ1) is 34.7. The van der Waals surface area contributed by atoms with Crippen molar-refractivity contribution in [2.45, 2.75) is 19.3 Å². The Hall–Kier alpha value is 0.380. The van der Waals surface area contributed by atoms with Crippen molar-refractivity contribution < 1.29 is 29.4 Å². The lowest BCUT2D eigenvalue weighted by molar-refractivity contribution is 0.366. The van der Waals surface area contributed by atoms with Gasteiger partial charge in [0.15, 0.2) is 0 Å². The van der Waals surface area contributed by atoms with E-state index in [1.807, 2.05) is 0 Å². The summed E-state index contributed by atoms with van der Waals surface area (Å²) in [6.45, 7) is 4.31. The average Bonchev–Trinajstić information content (AvgIpc) is 2.41. The van der Waals surface area contributed by atoms with Crippen LogP contribution in [0, 0.1) is 0 Å². The third-order valence-corrected chi connectivity index (χ3v) is 1.22. The Morgan fingerprint density at radius 3 is 0.478 bits per heavy atom. The van der Waals surface area contributed by atoms with Gasteiger partial charge in [0.25, 0.3) is 0 Å². The molecule has 0 aromatic heterocycles. The fraction of sp³-hybridized carbons (Fsp3) is 1.00. The summed E-state index contributed by atoms with van der Waals surface area (Å²) in [5.41, 5.74) is 30.4. The molecule has 0 amide bonds. The van der Waals surface area contributed by atoms with Gasteiger partial charge in [-0.3, -0.25) is 0 Å². The highest BCUT2D eigenvalue weighted by molar-refractivity contribution is 7.38. The molecule has 0 heterocycles. The molecule has 14 heteroatoms. The van der Waals surface area contributed by atoms with Gasteiger partial charge in [-0.2, -0.15) is 0 Å². The van der Waals surface area contributed by atoms with Crippen molar-refractivity contribution in [1.29, 1.82) is 0 Å². The van der Waals surface area contributed by atoms with E-state index in [2.05, 4.69) is 0 Å². The summed E-state index contributed by atoms with van der Waals surface area (Å²) in [6.07, 6.45) is 2.83. The Morgan fingerprint density at radius 1 is 0.391 bits per heavy atom. The van der Waals surface area contributed by atoms with Crippen molar-refractivity contribution in [2.75, 3.05) is 39.3 Å². The van der Waals surface area contributed by atoms with Crippen LogP contribution in [0.5, 0.6) is 0 Å². The van der Waals surface area contributed by atoms with E-state index >= 15 is 0 Å². The molecular formula is C9H36N6O6P2. The molecule has 12 nitrogen and oxygen atoms in total. The Labute approximate surface area is 140 Å². The molecular weight excluding hydrogens is 350 g/mol. The standard InChI is InChI=1S/3C3H10N2.2H3O3P/c3*4-2-1-3-5;2*1-4(2)3/h3*1-5H2;2*1-3H. The van der Waals surface area contributed by atoms with E-state index < -0.39 is 17.2 Å². The minimum atomic E-state index is -2.62. The first-order valence-electron chi connectivity index (χ1n) is 6.65. The molecule has 0 saturated carbocycles. The van der Waals surface area contributed by atoms with Crippen LogP contribution in [0.1, 0.15) is 19.3 Å². The number of rotatable bonds is 6. The summed E-state index contributed by atoms with van der Waals surface area (Å²) in [5, 5.41) is 0. The Bertz CT molecular complexity index is 124. The van der Waals surface area contributed by atoms with Crippen LogP contribution < -0.4 is 34.4 Å². The first-order chi connectivity index (χ1) is 10.7. The molecule has 0 rings (SSSR count). The fourth-order valence-corrected chi connectivity index (χ4v) is 0.354. The molecule has 0 aliphatic carbocycles. The molecule has 18 N–H and O–H groups in total. The van der Waals surface area contributed by atoms with Crippen molar-refractivity contribution in [3.05, 3.63) is 0 Å². The zero-order valence-corrected chi connectivity index (χ0v) is 15.2.